The summed E-state index contributed by atoms with van der Waals surface area (Å²) in [5.74, 6) is -0.576. The van der Waals surface area contributed by atoms with E-state index in [9.17, 15) is 4.39 Å². The van der Waals surface area contributed by atoms with E-state index in [1.807, 2.05) is 13.8 Å². The third kappa shape index (κ3) is 2.68. The predicted octanol–water partition coefficient (Wildman–Crippen LogP) is 2.69. The Morgan fingerprint density at radius 1 is 1.53 bits per heavy atom. The van der Waals surface area contributed by atoms with Crippen LogP contribution in [0.15, 0.2) is 16.6 Å². The maximum absolute atomic E-state index is 13.7. The molecule has 0 spiro atoms. The topological polar surface area (TPSA) is 61.9 Å². The van der Waals surface area contributed by atoms with E-state index in [4.69, 9.17) is 11.1 Å². The normalized spacial score (nSPS) is 10.5. The molecule has 15 heavy (non-hydrogen) atoms. The van der Waals surface area contributed by atoms with Gasteiger partial charge in [0.2, 0.25) is 0 Å². The third-order valence-electron chi connectivity index (χ3n) is 1.82. The van der Waals surface area contributed by atoms with Gasteiger partial charge in [0, 0.05) is 11.6 Å². The van der Waals surface area contributed by atoms with Crippen LogP contribution in [0.2, 0.25) is 0 Å². The quantitative estimate of drug-likeness (QED) is 0.586. The van der Waals surface area contributed by atoms with Crippen LogP contribution in [0.25, 0.3) is 0 Å². The zero-order valence-electron chi connectivity index (χ0n) is 8.57. The van der Waals surface area contributed by atoms with Gasteiger partial charge >= 0.3 is 0 Å². The molecule has 0 bridgehead atoms. The zero-order valence-corrected chi connectivity index (χ0v) is 10.2. The lowest BCUT2D eigenvalue weighted by Crippen LogP contribution is -2.15. The number of nitrogens with two attached hydrogens (primary N) is 1. The SMILES string of the molecule is CC(C)Nc1ccc(C(=N)N)c(Br)c1F. The Hall–Kier alpha value is -1.10. The van der Waals surface area contributed by atoms with Gasteiger partial charge in [-0.3, -0.25) is 5.41 Å². The number of hydrogen-bond donors (Lipinski definition) is 3. The van der Waals surface area contributed by atoms with E-state index < -0.39 is 5.82 Å². The monoisotopic (exact) mass is 273 g/mol. The van der Waals surface area contributed by atoms with E-state index in [2.05, 4.69) is 21.2 Å². The van der Waals surface area contributed by atoms with Crippen molar-refractivity contribution in [1.82, 2.24) is 0 Å². The third-order valence-corrected chi connectivity index (χ3v) is 2.59. The molecule has 1 aromatic rings. The van der Waals surface area contributed by atoms with Gasteiger partial charge in [0.25, 0.3) is 0 Å². The fourth-order valence-corrected chi connectivity index (χ4v) is 1.74. The fraction of sp³-hybridized carbons (Fsp3) is 0.300. The number of nitrogen functional groups attached to an aromatic ring is 1. The molecule has 3 nitrogen and oxygen atoms in total. The van der Waals surface area contributed by atoms with E-state index in [0.29, 0.717) is 11.3 Å². The van der Waals surface area contributed by atoms with Crippen molar-refractivity contribution in [3.05, 3.63) is 28.0 Å². The van der Waals surface area contributed by atoms with Gasteiger partial charge < -0.3 is 11.1 Å². The van der Waals surface area contributed by atoms with Crippen LogP contribution in [-0.4, -0.2) is 11.9 Å². The molecule has 0 saturated heterocycles. The lowest BCUT2D eigenvalue weighted by atomic mass is 10.1. The molecule has 0 unspecified atom stereocenters. The molecule has 0 atom stereocenters. The summed E-state index contributed by atoms with van der Waals surface area (Å²) in [6, 6.07) is 3.34. The first kappa shape index (κ1) is 12.0. The van der Waals surface area contributed by atoms with Crippen molar-refractivity contribution >= 4 is 27.5 Å². The molecule has 4 N–H and O–H groups in total. The summed E-state index contributed by atoms with van der Waals surface area (Å²) in [7, 11) is 0. The molecular weight excluding hydrogens is 261 g/mol. The second-order valence-corrected chi connectivity index (χ2v) is 4.29. The second kappa shape index (κ2) is 4.61. The van der Waals surface area contributed by atoms with Crippen LogP contribution in [0.5, 0.6) is 0 Å². The summed E-state index contributed by atoms with van der Waals surface area (Å²) in [5.41, 5.74) is 6.07. The molecule has 1 rings (SSSR count). The van der Waals surface area contributed by atoms with E-state index >= 15 is 0 Å². The lowest BCUT2D eigenvalue weighted by molar-refractivity contribution is 0.621. The minimum atomic E-state index is -0.420. The first-order chi connectivity index (χ1) is 6.93. The highest BCUT2D eigenvalue weighted by atomic mass is 79.9. The second-order valence-electron chi connectivity index (χ2n) is 3.50. The number of halogens is 2. The summed E-state index contributed by atoms with van der Waals surface area (Å²) < 4.78 is 13.9. The van der Waals surface area contributed by atoms with Crippen molar-refractivity contribution in [3.8, 4) is 0 Å². The van der Waals surface area contributed by atoms with Gasteiger partial charge in [-0.05, 0) is 41.9 Å². The van der Waals surface area contributed by atoms with Crippen molar-refractivity contribution in [2.24, 2.45) is 5.73 Å². The molecule has 0 fully saturated rings. The number of hydrogen-bond acceptors (Lipinski definition) is 2. The van der Waals surface area contributed by atoms with Gasteiger partial charge in [0.15, 0.2) is 5.82 Å². The minimum absolute atomic E-state index is 0.148. The average molecular weight is 274 g/mol. The maximum atomic E-state index is 13.7. The molecule has 82 valence electrons. The number of rotatable bonds is 3. The first-order valence-corrected chi connectivity index (χ1v) is 5.31. The molecular formula is C10H13BrFN3. The molecule has 0 heterocycles. The summed E-state index contributed by atoms with van der Waals surface area (Å²) >= 11 is 3.09. The van der Waals surface area contributed by atoms with Crippen molar-refractivity contribution in [3.63, 3.8) is 0 Å². The lowest BCUT2D eigenvalue weighted by Gasteiger charge is -2.13. The van der Waals surface area contributed by atoms with Gasteiger partial charge in [-0.25, -0.2) is 4.39 Å². The molecule has 0 aliphatic heterocycles. The number of amidine groups is 1. The number of benzene rings is 1. The predicted molar refractivity (Wildman–Crippen MR) is 63.9 cm³/mol. The first-order valence-electron chi connectivity index (χ1n) is 4.52. The van der Waals surface area contributed by atoms with Crippen LogP contribution < -0.4 is 11.1 Å². The Kier molecular flexibility index (Phi) is 3.68. The van der Waals surface area contributed by atoms with E-state index in [1.54, 1.807) is 12.1 Å². The Labute approximate surface area is 96.5 Å². The van der Waals surface area contributed by atoms with Gasteiger partial charge in [-0.1, -0.05) is 0 Å². The number of anilines is 1. The smallest absolute Gasteiger partial charge is 0.161 e. The Morgan fingerprint density at radius 3 is 2.60 bits per heavy atom. The van der Waals surface area contributed by atoms with Crippen LogP contribution >= 0.6 is 15.9 Å². The Morgan fingerprint density at radius 2 is 2.13 bits per heavy atom. The highest BCUT2D eigenvalue weighted by Crippen LogP contribution is 2.27. The molecule has 5 heteroatoms. The highest BCUT2D eigenvalue weighted by Gasteiger charge is 2.13. The van der Waals surface area contributed by atoms with Crippen molar-refractivity contribution < 1.29 is 4.39 Å². The van der Waals surface area contributed by atoms with Crippen LogP contribution in [0.4, 0.5) is 10.1 Å². The van der Waals surface area contributed by atoms with E-state index in [0.717, 1.165) is 0 Å². The summed E-state index contributed by atoms with van der Waals surface area (Å²) in [6.45, 7) is 3.85. The summed E-state index contributed by atoms with van der Waals surface area (Å²) in [6.07, 6.45) is 0. The van der Waals surface area contributed by atoms with Gasteiger partial charge in [-0.15, -0.1) is 0 Å². The van der Waals surface area contributed by atoms with E-state index in [1.165, 1.54) is 0 Å². The zero-order chi connectivity index (χ0) is 11.6. The van der Waals surface area contributed by atoms with Crippen molar-refractivity contribution in [2.75, 3.05) is 5.32 Å². The van der Waals surface area contributed by atoms with E-state index in [-0.39, 0.29) is 16.4 Å². The van der Waals surface area contributed by atoms with Crippen molar-refractivity contribution in [2.45, 2.75) is 19.9 Å². The van der Waals surface area contributed by atoms with Crippen LogP contribution in [0, 0.1) is 11.2 Å². The van der Waals surface area contributed by atoms with Gasteiger partial charge in [-0.2, -0.15) is 0 Å². The van der Waals surface area contributed by atoms with Crippen LogP contribution in [-0.2, 0) is 0 Å². The largest absolute Gasteiger partial charge is 0.384 e. The average Bonchev–Trinajstić information content (AvgIpc) is 2.12. The summed E-state index contributed by atoms with van der Waals surface area (Å²) in [4.78, 5) is 0. The molecule has 0 amide bonds. The molecule has 0 aromatic heterocycles. The van der Waals surface area contributed by atoms with Gasteiger partial charge in [0.05, 0.1) is 10.2 Å². The van der Waals surface area contributed by atoms with Crippen molar-refractivity contribution in [1.29, 1.82) is 5.41 Å². The summed E-state index contributed by atoms with van der Waals surface area (Å²) in [5, 5.41) is 10.2. The molecule has 0 aliphatic carbocycles. The standard InChI is InChI=1S/C10H13BrFN3/c1-5(2)15-7-4-3-6(10(13)14)8(11)9(7)12/h3-5,15H,1-2H3,(H3,13,14). The minimum Gasteiger partial charge on any atom is -0.384 e. The van der Waals surface area contributed by atoms with Crippen LogP contribution in [0.3, 0.4) is 0 Å². The highest BCUT2D eigenvalue weighted by molar-refractivity contribution is 9.10. The van der Waals surface area contributed by atoms with Gasteiger partial charge in [0.1, 0.15) is 5.84 Å². The Bertz CT molecular complexity index is 390. The van der Waals surface area contributed by atoms with Crippen LogP contribution in [0.1, 0.15) is 19.4 Å². The molecule has 0 saturated carbocycles. The number of nitrogens with one attached hydrogen (secondary N) is 2. The maximum Gasteiger partial charge on any atom is 0.161 e. The molecule has 1 aromatic carbocycles. The molecule has 0 radical (unpaired) electrons. The fourth-order valence-electron chi connectivity index (χ4n) is 1.18. The Balaban J connectivity index is 3.15. The molecule has 0 aliphatic rings.